The van der Waals surface area contributed by atoms with Crippen LogP contribution in [-0.2, 0) is 0 Å². The van der Waals surface area contributed by atoms with Crippen molar-refractivity contribution in [1.82, 2.24) is 9.55 Å². The molecule has 9 nitrogen and oxygen atoms in total. The monoisotopic (exact) mass is 421 g/mol. The summed E-state index contributed by atoms with van der Waals surface area (Å²) in [6.45, 7) is 3.53. The number of aromatic hydroxyl groups is 1. The van der Waals surface area contributed by atoms with E-state index in [1.165, 1.54) is 30.3 Å². The van der Waals surface area contributed by atoms with E-state index in [4.69, 9.17) is 0 Å². The number of hydrogen-bond acceptors (Lipinski definition) is 5. The van der Waals surface area contributed by atoms with E-state index in [0.717, 1.165) is 5.69 Å². The number of azo groups is 1. The van der Waals surface area contributed by atoms with E-state index in [0.29, 0.717) is 16.9 Å². The van der Waals surface area contributed by atoms with Crippen molar-refractivity contribution in [2.45, 2.75) is 13.8 Å². The molecule has 0 atom stereocenters. The number of benzene rings is 2. The van der Waals surface area contributed by atoms with E-state index >= 15 is 0 Å². The molecule has 31 heavy (non-hydrogen) atoms. The van der Waals surface area contributed by atoms with Crippen molar-refractivity contribution in [3.8, 4) is 11.6 Å². The highest BCUT2D eigenvalue weighted by atomic mass is 19.1. The molecule has 0 fully saturated rings. The number of non-ortho nitro benzene ring substituents is 1. The lowest BCUT2D eigenvalue weighted by Crippen LogP contribution is -2.01. The van der Waals surface area contributed by atoms with Gasteiger partial charge in [0.05, 0.1) is 16.0 Å². The molecule has 0 aliphatic rings. The summed E-state index contributed by atoms with van der Waals surface area (Å²) in [6.07, 6.45) is 0. The van der Waals surface area contributed by atoms with Gasteiger partial charge in [-0.3, -0.25) is 14.9 Å². The summed E-state index contributed by atoms with van der Waals surface area (Å²) < 4.78 is 15.0. The highest BCUT2D eigenvalue weighted by Gasteiger charge is 2.18. The van der Waals surface area contributed by atoms with Crippen LogP contribution in [0.25, 0.3) is 16.6 Å². The number of fused-ring (bicyclic) bond motifs is 1. The van der Waals surface area contributed by atoms with Gasteiger partial charge in [0, 0.05) is 34.6 Å². The molecular weight excluding hydrogens is 405 g/mol. The number of nitro benzene ring substituents is 1. The second kappa shape index (κ2) is 7.48. The van der Waals surface area contributed by atoms with Crippen molar-refractivity contribution < 1.29 is 19.2 Å². The minimum atomic E-state index is -0.652. The van der Waals surface area contributed by atoms with Crippen LogP contribution in [0.3, 0.4) is 0 Å². The Morgan fingerprint density at radius 2 is 1.87 bits per heavy atom. The van der Waals surface area contributed by atoms with Gasteiger partial charge in [0.15, 0.2) is 5.69 Å². The highest BCUT2D eigenvalue weighted by Crippen LogP contribution is 2.37. The van der Waals surface area contributed by atoms with E-state index in [2.05, 4.69) is 15.2 Å². The normalized spacial score (nSPS) is 11.5. The summed E-state index contributed by atoms with van der Waals surface area (Å²) in [6, 6.07) is 11.5. The zero-order chi connectivity index (χ0) is 22.3. The molecule has 0 unspecified atom stereocenters. The average molecular weight is 421 g/mol. The maximum absolute atomic E-state index is 13.2. The number of aromatic nitrogens is 2. The quantitative estimate of drug-likeness (QED) is 0.265. The molecule has 0 spiro atoms. The van der Waals surface area contributed by atoms with Crippen molar-refractivity contribution >= 4 is 28.2 Å². The van der Waals surface area contributed by atoms with Crippen molar-refractivity contribution in [3.05, 3.63) is 81.4 Å². The molecule has 0 aliphatic heterocycles. The topological polar surface area (TPSA) is 126 Å². The van der Waals surface area contributed by atoms with Gasteiger partial charge in [0.1, 0.15) is 5.82 Å². The van der Waals surface area contributed by atoms with Gasteiger partial charge in [0.2, 0.25) is 5.88 Å². The summed E-state index contributed by atoms with van der Waals surface area (Å²) in [5, 5.41) is 28.9. The molecule has 2 aromatic heterocycles. The van der Waals surface area contributed by atoms with Crippen LogP contribution in [0.4, 0.5) is 15.8 Å². The molecule has 10 heteroatoms. The third-order valence-corrected chi connectivity index (χ3v) is 4.93. The van der Waals surface area contributed by atoms with E-state index in [9.17, 15) is 24.4 Å². The third-order valence-electron chi connectivity index (χ3n) is 4.93. The number of hydrogen-bond donors (Lipinski definition) is 2. The number of rotatable bonds is 4. The first kappa shape index (κ1) is 20.0. The van der Waals surface area contributed by atoms with Crippen LogP contribution in [0.5, 0.6) is 5.88 Å². The van der Waals surface area contributed by atoms with Crippen molar-refractivity contribution in [1.29, 1.82) is 0 Å². The minimum Gasteiger partial charge on any atom is -0.493 e. The average Bonchev–Trinajstić information content (AvgIpc) is 3.21. The van der Waals surface area contributed by atoms with Gasteiger partial charge >= 0.3 is 0 Å². The molecule has 0 bridgehead atoms. The summed E-state index contributed by atoms with van der Waals surface area (Å²) in [5.41, 5.74) is 2.47. The molecule has 2 aromatic carbocycles. The fraction of sp³-hybridized carbons (Fsp3) is 0.0952. The van der Waals surface area contributed by atoms with Crippen LogP contribution in [0.15, 0.2) is 58.8 Å². The molecule has 0 radical (unpaired) electrons. The Labute approximate surface area is 174 Å². The van der Waals surface area contributed by atoms with Crippen molar-refractivity contribution in [2.24, 2.45) is 10.2 Å². The lowest BCUT2D eigenvalue weighted by molar-refractivity contribution is -0.384. The number of carbonyl (C=O) groups is 1. The highest BCUT2D eigenvalue weighted by molar-refractivity contribution is 5.98. The van der Waals surface area contributed by atoms with E-state index < -0.39 is 10.8 Å². The SMILES string of the molecule is Cc1cc(C(=O)N=Nc2c(O)[nH]c3ccc([N+](=O)[O-])cc23)c(C)n1-c1ccc(F)cc1. The number of nitro groups is 1. The van der Waals surface area contributed by atoms with E-state index in [-0.39, 0.29) is 34.0 Å². The van der Waals surface area contributed by atoms with Crippen LogP contribution in [0.1, 0.15) is 21.7 Å². The van der Waals surface area contributed by atoms with Crippen molar-refractivity contribution in [3.63, 3.8) is 0 Å². The van der Waals surface area contributed by atoms with E-state index in [1.807, 2.05) is 0 Å². The van der Waals surface area contributed by atoms with Gasteiger partial charge in [-0.25, -0.2) is 4.39 Å². The lowest BCUT2D eigenvalue weighted by atomic mass is 10.2. The molecule has 2 heterocycles. The molecule has 4 aromatic rings. The Bertz CT molecular complexity index is 1370. The molecule has 1 amide bonds. The first-order valence-electron chi connectivity index (χ1n) is 9.16. The van der Waals surface area contributed by atoms with Crippen LogP contribution < -0.4 is 0 Å². The van der Waals surface area contributed by atoms with Crippen LogP contribution in [0.2, 0.25) is 0 Å². The molecule has 0 saturated heterocycles. The number of carbonyl (C=O) groups excluding carboxylic acids is 1. The predicted octanol–water partition coefficient (Wildman–Crippen LogP) is 5.25. The summed E-state index contributed by atoms with van der Waals surface area (Å²) in [7, 11) is 0. The first-order chi connectivity index (χ1) is 14.8. The van der Waals surface area contributed by atoms with Gasteiger partial charge in [-0.2, -0.15) is 0 Å². The standard InChI is InChI=1S/C21H16FN5O4/c1-11-9-16(12(2)26(11)14-5-3-13(22)4-6-14)20(28)25-24-19-17-10-15(27(30)31)7-8-18(17)23-21(19)29/h3-10,23,29H,1-2H3. The van der Waals surface area contributed by atoms with Gasteiger partial charge in [0.25, 0.3) is 11.6 Å². The molecule has 0 aliphatic carbocycles. The predicted molar refractivity (Wildman–Crippen MR) is 111 cm³/mol. The van der Waals surface area contributed by atoms with Crippen LogP contribution in [-0.4, -0.2) is 25.5 Å². The zero-order valence-electron chi connectivity index (χ0n) is 16.5. The largest absolute Gasteiger partial charge is 0.493 e. The minimum absolute atomic E-state index is 0.0700. The van der Waals surface area contributed by atoms with Crippen LogP contribution in [0, 0.1) is 29.8 Å². The number of H-pyrrole nitrogens is 1. The van der Waals surface area contributed by atoms with Gasteiger partial charge < -0.3 is 14.7 Å². The summed E-state index contributed by atoms with van der Waals surface area (Å²) >= 11 is 0. The number of amides is 1. The summed E-state index contributed by atoms with van der Waals surface area (Å²) in [4.78, 5) is 25.8. The number of nitrogens with zero attached hydrogens (tertiary/aromatic N) is 4. The number of aromatic amines is 1. The second-order valence-corrected chi connectivity index (χ2v) is 6.91. The molecule has 0 saturated carbocycles. The van der Waals surface area contributed by atoms with Gasteiger partial charge in [-0.15, -0.1) is 10.2 Å². The van der Waals surface area contributed by atoms with Gasteiger partial charge in [-0.1, -0.05) is 0 Å². The van der Waals surface area contributed by atoms with E-state index in [1.54, 1.807) is 36.6 Å². The Kier molecular flexibility index (Phi) is 4.82. The fourth-order valence-corrected chi connectivity index (χ4v) is 3.48. The second-order valence-electron chi connectivity index (χ2n) is 6.91. The van der Waals surface area contributed by atoms with Gasteiger partial charge in [-0.05, 0) is 50.2 Å². The zero-order valence-corrected chi connectivity index (χ0v) is 16.5. The Balaban J connectivity index is 1.70. The lowest BCUT2D eigenvalue weighted by Gasteiger charge is -2.09. The number of halogens is 1. The summed E-state index contributed by atoms with van der Waals surface area (Å²) in [5.74, 6) is -1.38. The maximum atomic E-state index is 13.2. The molecule has 2 N–H and O–H groups in total. The fourth-order valence-electron chi connectivity index (χ4n) is 3.48. The smallest absolute Gasteiger partial charge is 0.297 e. The Morgan fingerprint density at radius 3 is 2.55 bits per heavy atom. The number of nitrogens with one attached hydrogen (secondary N) is 1. The van der Waals surface area contributed by atoms with Crippen molar-refractivity contribution in [2.75, 3.05) is 0 Å². The maximum Gasteiger partial charge on any atom is 0.297 e. The molecular formula is C21H16FN5O4. The van der Waals surface area contributed by atoms with Crippen LogP contribution >= 0.6 is 0 Å². The Hall–Kier alpha value is -4.34. The third kappa shape index (κ3) is 3.54. The molecule has 4 rings (SSSR count). The number of aryl methyl sites for hydroxylation is 1. The molecule has 156 valence electrons. The Morgan fingerprint density at radius 1 is 1.16 bits per heavy atom. The first-order valence-corrected chi connectivity index (χ1v) is 9.16.